The van der Waals surface area contributed by atoms with Crippen molar-refractivity contribution in [3.63, 3.8) is 0 Å². The molecule has 0 aromatic heterocycles. The molecule has 18 heavy (non-hydrogen) atoms. The van der Waals surface area contributed by atoms with Crippen LogP contribution in [0.3, 0.4) is 0 Å². The molecule has 0 saturated carbocycles. The van der Waals surface area contributed by atoms with Gasteiger partial charge in [-0.05, 0) is 30.3 Å². The summed E-state index contributed by atoms with van der Waals surface area (Å²) in [6, 6.07) is 10.3. The number of para-hydroxylation sites is 1. The Bertz CT molecular complexity index is 601. The molecule has 0 aliphatic heterocycles. The molecule has 2 aromatic carbocycles. The highest BCUT2D eigenvalue weighted by Crippen LogP contribution is 2.27. The van der Waals surface area contributed by atoms with Crippen molar-refractivity contribution in [2.75, 3.05) is 5.32 Å². The third kappa shape index (κ3) is 2.60. The lowest BCUT2D eigenvalue weighted by Gasteiger charge is -2.10. The molecule has 0 spiro atoms. The molecule has 0 radical (unpaired) electrons. The standard InChI is InChI=1S/C13H9ClFNO2/c14-10-7-8(15)5-6-12(10)16-11-4-2-1-3-9(11)13(17)18/h1-7,16H,(H,17,18). The van der Waals surface area contributed by atoms with Crippen molar-refractivity contribution in [3.8, 4) is 0 Å². The second-order valence-electron chi connectivity index (χ2n) is 3.60. The fourth-order valence-electron chi connectivity index (χ4n) is 1.51. The van der Waals surface area contributed by atoms with Crippen LogP contribution in [0.4, 0.5) is 15.8 Å². The minimum absolute atomic E-state index is 0.123. The minimum atomic E-state index is -1.05. The van der Waals surface area contributed by atoms with E-state index in [9.17, 15) is 9.18 Å². The summed E-state index contributed by atoms with van der Waals surface area (Å²) in [5.41, 5.74) is 0.975. The normalized spacial score (nSPS) is 10.1. The summed E-state index contributed by atoms with van der Waals surface area (Å²) < 4.78 is 12.9. The van der Waals surface area contributed by atoms with E-state index in [4.69, 9.17) is 16.7 Å². The van der Waals surface area contributed by atoms with Gasteiger partial charge in [0.15, 0.2) is 0 Å². The number of carboxylic acid groups (broad SMARTS) is 1. The quantitative estimate of drug-likeness (QED) is 0.884. The maximum atomic E-state index is 12.9. The van der Waals surface area contributed by atoms with Crippen LogP contribution in [0.25, 0.3) is 0 Å². The lowest BCUT2D eigenvalue weighted by Crippen LogP contribution is -2.02. The predicted molar refractivity (Wildman–Crippen MR) is 68.1 cm³/mol. The van der Waals surface area contributed by atoms with Gasteiger partial charge in [0.05, 0.1) is 22.0 Å². The van der Waals surface area contributed by atoms with E-state index in [-0.39, 0.29) is 10.6 Å². The molecule has 3 nitrogen and oxygen atoms in total. The van der Waals surface area contributed by atoms with Crippen LogP contribution in [0.5, 0.6) is 0 Å². The van der Waals surface area contributed by atoms with Crippen LogP contribution in [0.1, 0.15) is 10.4 Å². The molecule has 2 aromatic rings. The second-order valence-corrected chi connectivity index (χ2v) is 4.01. The molecular formula is C13H9ClFNO2. The highest BCUT2D eigenvalue weighted by molar-refractivity contribution is 6.33. The third-order valence-corrected chi connectivity index (χ3v) is 2.67. The molecule has 0 aliphatic carbocycles. The summed E-state index contributed by atoms with van der Waals surface area (Å²) in [7, 11) is 0. The van der Waals surface area contributed by atoms with Crippen molar-refractivity contribution >= 4 is 28.9 Å². The third-order valence-electron chi connectivity index (χ3n) is 2.36. The number of benzene rings is 2. The average Bonchev–Trinajstić information content (AvgIpc) is 2.33. The zero-order valence-corrected chi connectivity index (χ0v) is 9.91. The van der Waals surface area contributed by atoms with Gasteiger partial charge in [-0.15, -0.1) is 0 Å². The van der Waals surface area contributed by atoms with Crippen molar-refractivity contribution in [2.45, 2.75) is 0 Å². The van der Waals surface area contributed by atoms with Crippen molar-refractivity contribution in [2.24, 2.45) is 0 Å². The Morgan fingerprint density at radius 2 is 1.89 bits per heavy atom. The largest absolute Gasteiger partial charge is 0.478 e. The lowest BCUT2D eigenvalue weighted by molar-refractivity contribution is 0.0698. The van der Waals surface area contributed by atoms with Crippen molar-refractivity contribution < 1.29 is 14.3 Å². The molecule has 0 unspecified atom stereocenters. The number of halogens is 2. The van der Waals surface area contributed by atoms with Crippen LogP contribution in [0.15, 0.2) is 42.5 Å². The molecule has 0 heterocycles. The van der Waals surface area contributed by atoms with Gasteiger partial charge in [-0.25, -0.2) is 9.18 Å². The predicted octanol–water partition coefficient (Wildman–Crippen LogP) is 3.92. The van der Waals surface area contributed by atoms with Gasteiger partial charge in [-0.1, -0.05) is 23.7 Å². The number of anilines is 2. The van der Waals surface area contributed by atoms with Gasteiger partial charge >= 0.3 is 5.97 Å². The topological polar surface area (TPSA) is 49.3 Å². The Hall–Kier alpha value is -2.07. The van der Waals surface area contributed by atoms with Gasteiger partial charge in [0.2, 0.25) is 0 Å². The van der Waals surface area contributed by atoms with E-state index in [0.717, 1.165) is 6.07 Å². The Morgan fingerprint density at radius 3 is 2.56 bits per heavy atom. The maximum Gasteiger partial charge on any atom is 0.337 e. The number of hydrogen-bond acceptors (Lipinski definition) is 2. The summed E-state index contributed by atoms with van der Waals surface area (Å²) in [5.74, 6) is -1.49. The Kier molecular flexibility index (Phi) is 3.48. The molecule has 0 amide bonds. The monoisotopic (exact) mass is 265 g/mol. The number of aromatic carboxylic acids is 1. The summed E-state index contributed by atoms with van der Waals surface area (Å²) in [6.07, 6.45) is 0. The Morgan fingerprint density at radius 1 is 1.17 bits per heavy atom. The smallest absolute Gasteiger partial charge is 0.337 e. The average molecular weight is 266 g/mol. The van der Waals surface area contributed by atoms with Crippen LogP contribution in [-0.2, 0) is 0 Å². The van der Waals surface area contributed by atoms with Crippen molar-refractivity contribution in [1.82, 2.24) is 0 Å². The van der Waals surface area contributed by atoms with Crippen LogP contribution in [0, 0.1) is 5.82 Å². The summed E-state index contributed by atoms with van der Waals surface area (Å²) in [5, 5.41) is 12.1. The first-order valence-corrected chi connectivity index (χ1v) is 5.50. The van der Waals surface area contributed by atoms with Gasteiger partial charge in [-0.2, -0.15) is 0 Å². The van der Waals surface area contributed by atoms with Crippen molar-refractivity contribution in [3.05, 3.63) is 58.9 Å². The van der Waals surface area contributed by atoms with Crippen LogP contribution in [0.2, 0.25) is 5.02 Å². The molecule has 0 bridgehead atoms. The Labute approximate surface area is 108 Å². The number of nitrogens with one attached hydrogen (secondary N) is 1. The van der Waals surface area contributed by atoms with Gasteiger partial charge < -0.3 is 10.4 Å². The molecule has 2 rings (SSSR count). The molecular weight excluding hydrogens is 257 g/mol. The van der Waals surface area contributed by atoms with E-state index >= 15 is 0 Å². The first-order valence-electron chi connectivity index (χ1n) is 5.12. The summed E-state index contributed by atoms with van der Waals surface area (Å²) >= 11 is 5.86. The number of carboxylic acids is 1. The molecule has 2 N–H and O–H groups in total. The molecule has 0 fully saturated rings. The van der Waals surface area contributed by atoms with Gasteiger partial charge in [0, 0.05) is 0 Å². The van der Waals surface area contributed by atoms with Gasteiger partial charge in [0.1, 0.15) is 5.82 Å². The summed E-state index contributed by atoms with van der Waals surface area (Å²) in [4.78, 5) is 11.0. The van der Waals surface area contributed by atoms with E-state index in [1.807, 2.05) is 0 Å². The van der Waals surface area contributed by atoms with E-state index in [1.165, 1.54) is 18.2 Å². The van der Waals surface area contributed by atoms with E-state index in [2.05, 4.69) is 5.32 Å². The zero-order chi connectivity index (χ0) is 13.1. The van der Waals surface area contributed by atoms with E-state index < -0.39 is 11.8 Å². The number of rotatable bonds is 3. The van der Waals surface area contributed by atoms with Crippen LogP contribution < -0.4 is 5.32 Å². The fourth-order valence-corrected chi connectivity index (χ4v) is 1.73. The summed E-state index contributed by atoms with van der Waals surface area (Å²) in [6.45, 7) is 0. The molecule has 0 aliphatic rings. The molecule has 0 atom stereocenters. The first-order chi connectivity index (χ1) is 8.58. The fraction of sp³-hybridized carbons (Fsp3) is 0. The zero-order valence-electron chi connectivity index (χ0n) is 9.15. The number of hydrogen-bond donors (Lipinski definition) is 2. The van der Waals surface area contributed by atoms with Crippen LogP contribution in [-0.4, -0.2) is 11.1 Å². The lowest BCUT2D eigenvalue weighted by atomic mass is 10.1. The molecule has 92 valence electrons. The highest BCUT2D eigenvalue weighted by atomic mass is 35.5. The minimum Gasteiger partial charge on any atom is -0.478 e. The SMILES string of the molecule is O=C(O)c1ccccc1Nc1ccc(F)cc1Cl. The van der Waals surface area contributed by atoms with Gasteiger partial charge in [-0.3, -0.25) is 0 Å². The first kappa shape index (κ1) is 12.4. The Balaban J connectivity index is 2.37. The van der Waals surface area contributed by atoms with Crippen molar-refractivity contribution in [1.29, 1.82) is 0 Å². The molecule has 5 heteroatoms. The van der Waals surface area contributed by atoms with E-state index in [1.54, 1.807) is 18.2 Å². The maximum absolute atomic E-state index is 12.9. The highest BCUT2D eigenvalue weighted by Gasteiger charge is 2.10. The van der Waals surface area contributed by atoms with E-state index in [0.29, 0.717) is 11.4 Å². The number of carbonyl (C=O) groups is 1. The molecule has 0 saturated heterocycles. The van der Waals surface area contributed by atoms with Gasteiger partial charge in [0.25, 0.3) is 0 Å². The van der Waals surface area contributed by atoms with Crippen LogP contribution >= 0.6 is 11.6 Å². The second kappa shape index (κ2) is 5.06.